The van der Waals surface area contributed by atoms with Crippen LogP contribution in [-0.2, 0) is 6.54 Å². The van der Waals surface area contributed by atoms with Crippen LogP contribution in [0.4, 0.5) is 0 Å². The molecule has 0 radical (unpaired) electrons. The van der Waals surface area contributed by atoms with Crippen molar-refractivity contribution in [2.45, 2.75) is 31.3 Å². The first-order chi connectivity index (χ1) is 8.19. The maximum atomic E-state index is 9.33. The number of aliphatic hydroxyl groups is 1. The largest absolute Gasteiger partial charge is 0.394 e. The molecular formula is C13H15ClN2O. The van der Waals surface area contributed by atoms with E-state index >= 15 is 0 Å². The van der Waals surface area contributed by atoms with E-state index in [0.29, 0.717) is 17.1 Å². The van der Waals surface area contributed by atoms with Crippen molar-refractivity contribution in [3.63, 3.8) is 0 Å². The van der Waals surface area contributed by atoms with Gasteiger partial charge in [-0.1, -0.05) is 17.7 Å². The molecule has 1 aromatic carbocycles. The average molecular weight is 251 g/mol. The SMILES string of the molecule is N#Cc1ccc(CNC2(CO)CCC2)c(Cl)c1. The van der Waals surface area contributed by atoms with E-state index in [1.54, 1.807) is 12.1 Å². The quantitative estimate of drug-likeness (QED) is 0.862. The highest BCUT2D eigenvalue weighted by Crippen LogP contribution is 2.31. The zero-order chi connectivity index (χ0) is 12.3. The lowest BCUT2D eigenvalue weighted by atomic mass is 9.77. The lowest BCUT2D eigenvalue weighted by Crippen LogP contribution is -2.53. The Labute approximate surface area is 106 Å². The number of hydrogen-bond donors (Lipinski definition) is 2. The van der Waals surface area contributed by atoms with Crippen molar-refractivity contribution in [2.75, 3.05) is 6.61 Å². The molecule has 0 aromatic heterocycles. The monoisotopic (exact) mass is 250 g/mol. The van der Waals surface area contributed by atoms with Crippen molar-refractivity contribution in [3.05, 3.63) is 34.3 Å². The molecule has 0 amide bonds. The number of nitriles is 1. The predicted octanol–water partition coefficient (Wildman–Crippen LogP) is 2.22. The topological polar surface area (TPSA) is 56.0 Å². The predicted molar refractivity (Wildman–Crippen MR) is 66.7 cm³/mol. The molecule has 0 heterocycles. The maximum absolute atomic E-state index is 9.33. The van der Waals surface area contributed by atoms with Gasteiger partial charge in [0.25, 0.3) is 0 Å². The molecule has 4 heteroatoms. The maximum Gasteiger partial charge on any atom is 0.0992 e. The van der Waals surface area contributed by atoms with Gasteiger partial charge in [0.15, 0.2) is 0 Å². The molecule has 0 aliphatic heterocycles. The Bertz CT molecular complexity index is 444. The van der Waals surface area contributed by atoms with Gasteiger partial charge in [0.2, 0.25) is 0 Å². The first-order valence-corrected chi connectivity index (χ1v) is 6.11. The smallest absolute Gasteiger partial charge is 0.0992 e. The van der Waals surface area contributed by atoms with E-state index in [9.17, 15) is 5.11 Å². The third kappa shape index (κ3) is 2.61. The molecule has 1 saturated carbocycles. The summed E-state index contributed by atoms with van der Waals surface area (Å²) in [4.78, 5) is 0. The molecule has 3 nitrogen and oxygen atoms in total. The van der Waals surface area contributed by atoms with Gasteiger partial charge in [-0.2, -0.15) is 5.26 Å². The summed E-state index contributed by atoms with van der Waals surface area (Å²) < 4.78 is 0. The first kappa shape index (κ1) is 12.4. The molecule has 1 fully saturated rings. The van der Waals surface area contributed by atoms with Gasteiger partial charge >= 0.3 is 0 Å². The fourth-order valence-corrected chi connectivity index (χ4v) is 2.28. The van der Waals surface area contributed by atoms with Crippen molar-refractivity contribution >= 4 is 11.6 Å². The summed E-state index contributed by atoms with van der Waals surface area (Å²) in [6.45, 7) is 0.798. The van der Waals surface area contributed by atoms with Gasteiger partial charge in [0.1, 0.15) is 0 Å². The Morgan fingerprint density at radius 3 is 2.71 bits per heavy atom. The van der Waals surface area contributed by atoms with Crippen molar-refractivity contribution in [1.29, 1.82) is 5.26 Å². The van der Waals surface area contributed by atoms with Gasteiger partial charge in [-0.25, -0.2) is 0 Å². The molecular weight excluding hydrogens is 236 g/mol. The standard InChI is InChI=1S/C13H15ClN2O/c14-12-6-10(7-15)2-3-11(12)8-16-13(9-17)4-1-5-13/h2-3,6,16-17H,1,4-5,8-9H2. The molecule has 2 N–H and O–H groups in total. The minimum Gasteiger partial charge on any atom is -0.394 e. The van der Waals surface area contributed by atoms with Crippen LogP contribution in [0.5, 0.6) is 0 Å². The lowest BCUT2D eigenvalue weighted by Gasteiger charge is -2.41. The summed E-state index contributed by atoms with van der Waals surface area (Å²) in [6.07, 6.45) is 3.18. The summed E-state index contributed by atoms with van der Waals surface area (Å²) in [5.74, 6) is 0. The second kappa shape index (κ2) is 5.05. The van der Waals surface area contributed by atoms with Crippen LogP contribution in [0.2, 0.25) is 5.02 Å². The molecule has 0 saturated heterocycles. The molecule has 1 aliphatic carbocycles. The average Bonchev–Trinajstić information content (AvgIpc) is 2.30. The van der Waals surface area contributed by atoms with Gasteiger partial charge in [-0.15, -0.1) is 0 Å². The van der Waals surface area contributed by atoms with Crippen LogP contribution in [0.1, 0.15) is 30.4 Å². The van der Waals surface area contributed by atoms with Crippen molar-refractivity contribution in [3.8, 4) is 6.07 Å². The van der Waals surface area contributed by atoms with E-state index < -0.39 is 0 Å². The van der Waals surface area contributed by atoms with E-state index in [-0.39, 0.29) is 12.1 Å². The Morgan fingerprint density at radius 1 is 1.47 bits per heavy atom. The third-order valence-corrected chi connectivity index (χ3v) is 3.80. The zero-order valence-corrected chi connectivity index (χ0v) is 10.3. The Morgan fingerprint density at radius 2 is 2.24 bits per heavy atom. The first-order valence-electron chi connectivity index (χ1n) is 5.73. The van der Waals surface area contributed by atoms with Gasteiger partial charge in [-0.05, 0) is 37.0 Å². The molecule has 0 atom stereocenters. The van der Waals surface area contributed by atoms with E-state index in [4.69, 9.17) is 16.9 Å². The Hall–Kier alpha value is -1.08. The second-order valence-electron chi connectivity index (χ2n) is 4.56. The van der Waals surface area contributed by atoms with Crippen LogP contribution in [0.15, 0.2) is 18.2 Å². The molecule has 0 bridgehead atoms. The van der Waals surface area contributed by atoms with Crippen LogP contribution >= 0.6 is 11.6 Å². The molecule has 17 heavy (non-hydrogen) atoms. The summed E-state index contributed by atoms with van der Waals surface area (Å²) in [6, 6.07) is 7.35. The fraction of sp³-hybridized carbons (Fsp3) is 0.462. The highest BCUT2D eigenvalue weighted by Gasteiger charge is 2.35. The number of nitrogens with one attached hydrogen (secondary N) is 1. The molecule has 0 unspecified atom stereocenters. The molecule has 0 spiro atoms. The van der Waals surface area contributed by atoms with Crippen LogP contribution in [0.25, 0.3) is 0 Å². The highest BCUT2D eigenvalue weighted by molar-refractivity contribution is 6.31. The summed E-state index contributed by atoms with van der Waals surface area (Å²) >= 11 is 6.09. The van der Waals surface area contributed by atoms with Gasteiger partial charge in [-0.3, -0.25) is 0 Å². The third-order valence-electron chi connectivity index (χ3n) is 3.45. The van der Waals surface area contributed by atoms with E-state index in [1.165, 1.54) is 0 Å². The summed E-state index contributed by atoms with van der Waals surface area (Å²) in [5.41, 5.74) is 1.42. The minimum atomic E-state index is -0.114. The zero-order valence-electron chi connectivity index (χ0n) is 9.54. The molecule has 1 aromatic rings. The van der Waals surface area contributed by atoms with E-state index in [1.807, 2.05) is 6.07 Å². The number of rotatable bonds is 4. The summed E-state index contributed by atoms with van der Waals surface area (Å²) in [7, 11) is 0. The van der Waals surface area contributed by atoms with Crippen molar-refractivity contribution in [1.82, 2.24) is 5.32 Å². The van der Waals surface area contributed by atoms with E-state index in [2.05, 4.69) is 11.4 Å². The van der Waals surface area contributed by atoms with Crippen LogP contribution in [0, 0.1) is 11.3 Å². The van der Waals surface area contributed by atoms with Gasteiger partial charge in [0, 0.05) is 17.1 Å². The van der Waals surface area contributed by atoms with Crippen LogP contribution in [0.3, 0.4) is 0 Å². The normalized spacial score (nSPS) is 17.2. The Balaban J connectivity index is 2.02. The number of nitrogens with zero attached hydrogens (tertiary/aromatic N) is 1. The van der Waals surface area contributed by atoms with Crippen molar-refractivity contribution < 1.29 is 5.11 Å². The lowest BCUT2D eigenvalue weighted by molar-refractivity contribution is 0.0872. The Kier molecular flexibility index (Phi) is 3.68. The second-order valence-corrected chi connectivity index (χ2v) is 4.97. The number of halogens is 1. The van der Waals surface area contributed by atoms with E-state index in [0.717, 1.165) is 24.8 Å². The molecule has 2 rings (SSSR count). The number of benzene rings is 1. The highest BCUT2D eigenvalue weighted by atomic mass is 35.5. The molecule has 1 aliphatic rings. The molecule has 90 valence electrons. The van der Waals surface area contributed by atoms with Crippen LogP contribution in [-0.4, -0.2) is 17.3 Å². The van der Waals surface area contributed by atoms with Gasteiger partial charge < -0.3 is 10.4 Å². The van der Waals surface area contributed by atoms with Crippen LogP contribution < -0.4 is 5.32 Å². The number of hydrogen-bond acceptors (Lipinski definition) is 3. The van der Waals surface area contributed by atoms with Gasteiger partial charge in [0.05, 0.1) is 18.2 Å². The minimum absolute atomic E-state index is 0.114. The van der Waals surface area contributed by atoms with Crippen molar-refractivity contribution in [2.24, 2.45) is 0 Å². The summed E-state index contributed by atoms with van der Waals surface area (Å²) in [5, 5.41) is 22.0. The number of aliphatic hydroxyl groups excluding tert-OH is 1. The fourth-order valence-electron chi connectivity index (χ4n) is 2.04.